The molecule has 9 rings (SSSR count). The van der Waals surface area contributed by atoms with Crippen LogP contribution in [-0.2, 0) is 10.0 Å². The van der Waals surface area contributed by atoms with Crippen LogP contribution in [0.3, 0.4) is 0 Å². The minimum atomic E-state index is -4.57. The van der Waals surface area contributed by atoms with Gasteiger partial charge in [-0.05, 0) is 123 Å². The Balaban J connectivity index is 0.885. The molecule has 0 bridgehead atoms. The molecule has 1 saturated carbocycles. The van der Waals surface area contributed by atoms with Crippen molar-refractivity contribution in [2.24, 2.45) is 11.3 Å². The number of aromatic nitrogens is 2. The minimum absolute atomic E-state index is 0.0269. The number of H-pyrrole nitrogens is 1. The number of halogens is 1. The Morgan fingerprint density at radius 1 is 0.985 bits per heavy atom. The Kier molecular flexibility index (Phi) is 14.1. The van der Waals surface area contributed by atoms with Crippen LogP contribution >= 0.6 is 11.6 Å². The number of sulfonamides is 1. The number of hydrogen-bond donors (Lipinski definition) is 4. The van der Waals surface area contributed by atoms with E-state index in [4.69, 9.17) is 16.3 Å². The predicted octanol–water partition coefficient (Wildman–Crippen LogP) is 9.09. The van der Waals surface area contributed by atoms with Crippen molar-refractivity contribution in [3.63, 3.8) is 0 Å². The predicted molar refractivity (Wildman–Crippen MR) is 268 cm³/mol. The van der Waals surface area contributed by atoms with Gasteiger partial charge in [-0.1, -0.05) is 43.2 Å². The number of nitro groups is 1. The molecule has 360 valence electrons. The number of rotatable bonds is 14. The lowest BCUT2D eigenvalue weighted by atomic mass is 9.72. The zero-order chi connectivity index (χ0) is 47.6. The maximum absolute atomic E-state index is 14.1. The molecular formula is C51H62ClN9O6S. The molecule has 4 aliphatic rings. The highest BCUT2D eigenvalue weighted by Gasteiger charge is 2.32. The van der Waals surface area contributed by atoms with Crippen LogP contribution in [0.5, 0.6) is 11.5 Å². The summed E-state index contributed by atoms with van der Waals surface area (Å²) in [6, 6.07) is 21.7. The van der Waals surface area contributed by atoms with Crippen molar-refractivity contribution >= 4 is 61.2 Å². The van der Waals surface area contributed by atoms with Gasteiger partial charge in [0.2, 0.25) is 0 Å². The number of nitro benzene ring substituents is 1. The number of ether oxygens (including phenoxy) is 1. The molecule has 1 amide bonds. The second-order valence-corrected chi connectivity index (χ2v) is 22.0. The quantitative estimate of drug-likeness (QED) is 0.0614. The first kappa shape index (κ1) is 47.5. The van der Waals surface area contributed by atoms with Gasteiger partial charge in [0, 0.05) is 105 Å². The number of aromatic amines is 1. The van der Waals surface area contributed by atoms with Gasteiger partial charge in [0.1, 0.15) is 22.8 Å². The molecule has 2 aliphatic carbocycles. The first-order valence-corrected chi connectivity index (χ1v) is 25.8. The van der Waals surface area contributed by atoms with Gasteiger partial charge in [-0.25, -0.2) is 18.1 Å². The maximum Gasteiger partial charge on any atom is 0.293 e. The second kappa shape index (κ2) is 20.2. The molecule has 2 aromatic heterocycles. The standard InChI is InChI=1S/C51H62ClN9O6S/c1-34-32-60(21-20-53-34)40-10-4-35(5-11-40)30-55-46-15-13-43(28-47(46)61(63)64)68(65,66)57-50(62)44-14-12-41(27-48(44)67-42-26-37-17-19-54-49(37)56-31-42)59-24-22-58(23-25-59)33-38-16-18-51(2,3)29-45(38)36-6-8-39(52)9-7-36/h6-9,12-15,17,19,26-28,31,34-35,40,53,55H,4-5,10-11,16,18,20-25,29-30,32-33H2,1-3H3,(H,54,56)(H,57,62)/t34-,35-,40-/m1/s1. The number of hydrogen-bond acceptors (Lipinski definition) is 12. The topological polar surface area (TPSA) is 178 Å². The number of pyridine rings is 1. The summed E-state index contributed by atoms with van der Waals surface area (Å²) in [5, 5.41) is 20.6. The van der Waals surface area contributed by atoms with E-state index < -0.39 is 25.7 Å². The monoisotopic (exact) mass is 963 g/mol. The van der Waals surface area contributed by atoms with Gasteiger partial charge in [-0.15, -0.1) is 0 Å². The lowest BCUT2D eigenvalue weighted by Gasteiger charge is -2.41. The van der Waals surface area contributed by atoms with Crippen molar-refractivity contribution < 1.29 is 22.9 Å². The molecular weight excluding hydrogens is 902 g/mol. The number of nitrogens with one attached hydrogen (secondary N) is 4. The van der Waals surface area contributed by atoms with E-state index >= 15 is 0 Å². The number of allylic oxidation sites excluding steroid dienone is 1. The first-order chi connectivity index (χ1) is 32.7. The summed E-state index contributed by atoms with van der Waals surface area (Å²) in [7, 11) is -4.57. The summed E-state index contributed by atoms with van der Waals surface area (Å²) in [6.07, 6.45) is 10.7. The third-order valence-electron chi connectivity index (χ3n) is 14.4. The van der Waals surface area contributed by atoms with Gasteiger partial charge in [0.05, 0.1) is 21.6 Å². The van der Waals surface area contributed by atoms with Gasteiger partial charge in [-0.2, -0.15) is 0 Å². The number of carbonyl (C=O) groups excluding carboxylic acids is 1. The van der Waals surface area contributed by atoms with E-state index in [-0.39, 0.29) is 28.1 Å². The molecule has 2 aliphatic heterocycles. The van der Waals surface area contributed by atoms with Crippen molar-refractivity contribution in [1.29, 1.82) is 0 Å². The third-order valence-corrected chi connectivity index (χ3v) is 15.9. The zero-order valence-corrected chi connectivity index (χ0v) is 40.7. The molecule has 68 heavy (non-hydrogen) atoms. The number of anilines is 2. The van der Waals surface area contributed by atoms with E-state index in [2.05, 4.69) is 72.9 Å². The van der Waals surface area contributed by atoms with E-state index in [1.54, 1.807) is 30.5 Å². The van der Waals surface area contributed by atoms with Gasteiger partial charge >= 0.3 is 0 Å². The zero-order valence-electron chi connectivity index (χ0n) is 39.1. The number of benzene rings is 3. The Morgan fingerprint density at radius 2 is 1.76 bits per heavy atom. The minimum Gasteiger partial charge on any atom is -0.455 e. The van der Waals surface area contributed by atoms with Gasteiger partial charge in [-0.3, -0.25) is 24.7 Å². The van der Waals surface area contributed by atoms with Crippen molar-refractivity contribution in [3.05, 3.63) is 117 Å². The van der Waals surface area contributed by atoms with E-state index in [0.717, 1.165) is 119 Å². The number of carbonyl (C=O) groups is 1. The van der Waals surface area contributed by atoms with Crippen molar-refractivity contribution in [3.8, 4) is 11.5 Å². The average Bonchev–Trinajstić information content (AvgIpc) is 3.80. The fourth-order valence-electron chi connectivity index (χ4n) is 10.5. The molecule has 2 saturated heterocycles. The molecule has 17 heteroatoms. The van der Waals surface area contributed by atoms with Crippen LogP contribution in [0, 0.1) is 21.4 Å². The molecule has 1 atom stereocenters. The van der Waals surface area contributed by atoms with E-state index in [1.165, 1.54) is 35.0 Å². The molecule has 5 aromatic rings. The lowest BCUT2D eigenvalue weighted by Crippen LogP contribution is -2.53. The smallest absolute Gasteiger partial charge is 0.293 e. The van der Waals surface area contributed by atoms with Crippen LogP contribution in [0.15, 0.2) is 95.7 Å². The highest BCUT2D eigenvalue weighted by Crippen LogP contribution is 2.44. The normalized spacial score (nSPS) is 21.7. The van der Waals surface area contributed by atoms with E-state index in [0.29, 0.717) is 35.9 Å². The Morgan fingerprint density at radius 3 is 2.51 bits per heavy atom. The average molecular weight is 965 g/mol. The Bertz CT molecular complexity index is 2780. The fourth-order valence-corrected chi connectivity index (χ4v) is 11.6. The summed E-state index contributed by atoms with van der Waals surface area (Å²) >= 11 is 6.26. The van der Waals surface area contributed by atoms with Crippen LogP contribution in [0.25, 0.3) is 16.6 Å². The fraction of sp³-hybridized carbons (Fsp3) is 0.451. The Labute approximate surface area is 403 Å². The molecule has 4 heterocycles. The number of fused-ring (bicyclic) bond motifs is 1. The van der Waals surface area contributed by atoms with Gasteiger partial charge in [0.25, 0.3) is 21.6 Å². The van der Waals surface area contributed by atoms with Gasteiger partial charge < -0.3 is 25.3 Å². The third kappa shape index (κ3) is 11.2. The van der Waals surface area contributed by atoms with Crippen LogP contribution in [0.4, 0.5) is 17.1 Å². The van der Waals surface area contributed by atoms with Crippen molar-refractivity contribution in [2.45, 2.75) is 82.7 Å². The molecule has 4 N–H and O–H groups in total. The summed E-state index contributed by atoms with van der Waals surface area (Å²) in [5.41, 5.74) is 5.65. The summed E-state index contributed by atoms with van der Waals surface area (Å²) in [6.45, 7) is 14.5. The summed E-state index contributed by atoms with van der Waals surface area (Å²) < 4.78 is 36.2. The Hall–Kier alpha value is -5.52. The summed E-state index contributed by atoms with van der Waals surface area (Å²) in [5.74, 6) is -0.103. The number of piperazine rings is 2. The summed E-state index contributed by atoms with van der Waals surface area (Å²) in [4.78, 5) is 40.2. The van der Waals surface area contributed by atoms with Crippen molar-refractivity contribution in [1.82, 2.24) is 29.8 Å². The molecule has 0 radical (unpaired) electrons. The van der Waals surface area contributed by atoms with E-state index in [1.807, 2.05) is 18.2 Å². The van der Waals surface area contributed by atoms with E-state index in [9.17, 15) is 23.3 Å². The molecule has 0 spiro atoms. The van der Waals surface area contributed by atoms with Crippen LogP contribution in [-0.4, -0.2) is 110 Å². The van der Waals surface area contributed by atoms with Crippen LogP contribution < -0.4 is 25.0 Å². The largest absolute Gasteiger partial charge is 0.455 e. The second-order valence-electron chi connectivity index (χ2n) is 19.8. The molecule has 3 aromatic carbocycles. The number of amides is 1. The van der Waals surface area contributed by atoms with Crippen molar-refractivity contribution in [2.75, 3.05) is 69.1 Å². The van der Waals surface area contributed by atoms with Crippen LogP contribution in [0.2, 0.25) is 5.02 Å². The number of nitrogens with zero attached hydrogens (tertiary/aromatic N) is 5. The highest BCUT2D eigenvalue weighted by molar-refractivity contribution is 7.90. The lowest BCUT2D eigenvalue weighted by molar-refractivity contribution is -0.384. The van der Waals surface area contributed by atoms with Crippen LogP contribution in [0.1, 0.15) is 81.6 Å². The molecule has 3 fully saturated rings. The highest BCUT2D eigenvalue weighted by atomic mass is 35.5. The van der Waals surface area contributed by atoms with Gasteiger partial charge in [0.15, 0.2) is 0 Å². The first-order valence-electron chi connectivity index (χ1n) is 23.9. The molecule has 0 unspecified atom stereocenters. The molecule has 15 nitrogen and oxygen atoms in total. The SMILES string of the molecule is C[C@@H]1CN([C@H]2CC[C@H](CNc3ccc(S(=O)(=O)NC(=O)c4ccc(N5CCN(CC6=C(c7ccc(Cl)cc7)CC(C)(C)CC6)CC5)cc4Oc4cnc5[nH]ccc5c4)cc3[N+](=O)[O-])CC2)CCN1. The maximum atomic E-state index is 14.1.